The molecule has 2 aromatic carbocycles. The lowest BCUT2D eigenvalue weighted by Gasteiger charge is -2.38. The van der Waals surface area contributed by atoms with E-state index < -0.39 is 23.9 Å². The van der Waals surface area contributed by atoms with Crippen LogP contribution in [0.5, 0.6) is 5.88 Å². The third kappa shape index (κ3) is 16.3. The van der Waals surface area contributed by atoms with Crippen LogP contribution in [-0.2, 0) is 46.4 Å². The number of nitrogen functional groups attached to an aromatic ring is 1. The Hall–Kier alpha value is -6.72. The number of ether oxygens (including phenoxy) is 5. The van der Waals surface area contributed by atoms with Gasteiger partial charge in [-0.3, -0.25) is 29.0 Å². The van der Waals surface area contributed by atoms with E-state index in [4.69, 9.17) is 41.0 Å². The zero-order valence-corrected chi connectivity index (χ0v) is 48.9. The van der Waals surface area contributed by atoms with Gasteiger partial charge in [0.25, 0.3) is 11.8 Å². The van der Waals surface area contributed by atoms with Gasteiger partial charge in [-0.2, -0.15) is 4.68 Å². The molecule has 4 aromatic rings. The number of fused-ring (bicyclic) bond motifs is 5. The van der Waals surface area contributed by atoms with Gasteiger partial charge in [0.05, 0.1) is 106 Å². The number of carbonyl (C=O) groups is 5. The van der Waals surface area contributed by atoms with E-state index in [1.54, 1.807) is 29.7 Å². The molecule has 24 heteroatoms. The number of benzene rings is 2. The molecule has 0 saturated carbocycles. The minimum atomic E-state index is -0.587. The van der Waals surface area contributed by atoms with Crippen LogP contribution in [0.3, 0.4) is 0 Å². The summed E-state index contributed by atoms with van der Waals surface area (Å²) in [4.78, 5) is 91.1. The van der Waals surface area contributed by atoms with Crippen molar-refractivity contribution in [3.63, 3.8) is 0 Å². The maximum atomic E-state index is 14.5. The number of rotatable bonds is 27. The number of carbonyl (C=O) groups excluding carboxylic acids is 5. The molecule has 0 radical (unpaired) electrons. The number of aryl methyl sites for hydroxylation is 1. The fourth-order valence-corrected chi connectivity index (χ4v) is 12.0. The second-order valence-corrected chi connectivity index (χ2v) is 22.3. The van der Waals surface area contributed by atoms with Crippen LogP contribution in [0.2, 0.25) is 0 Å². The molecule has 4 aliphatic heterocycles. The molecule has 8 rings (SSSR count). The van der Waals surface area contributed by atoms with E-state index in [2.05, 4.69) is 35.4 Å². The minimum absolute atomic E-state index is 0.00927. The summed E-state index contributed by atoms with van der Waals surface area (Å²) in [5, 5.41) is 11.3. The van der Waals surface area contributed by atoms with Crippen LogP contribution >= 0.6 is 11.8 Å². The first-order valence-corrected chi connectivity index (χ1v) is 29.6. The third-order valence-electron chi connectivity index (χ3n) is 15.6. The van der Waals surface area contributed by atoms with E-state index in [0.717, 1.165) is 55.9 Å². The number of anilines is 1. The number of nitrogens with zero attached hydrogens (tertiary/aromatic N) is 9. The Balaban J connectivity index is 0.686. The number of likely N-dealkylation sites (tertiary alicyclic amines) is 2. The van der Waals surface area contributed by atoms with Crippen LogP contribution in [0.1, 0.15) is 96.0 Å². The van der Waals surface area contributed by atoms with Crippen molar-refractivity contribution in [2.75, 3.05) is 111 Å². The number of nitrogens with one attached hydrogen (secondary N) is 2. The number of ketones is 2. The SMILES string of the molecule is [C-]#[N+]c1nn(CCNC(=O)CCOCCOCCOCCOCCN2CCC([C@H](CC(=O)[C@H](C)NC)C(=O)N3CCC[C@H]3C3=NC(C(=O)c4ccc(F)cc4)CS3)CC2)c2c1-c1cnc(N)c(n1)O[C@H](C)c1cc(C)ccc1C(=O)N(C)C2. The maximum absolute atomic E-state index is 14.5. The predicted molar refractivity (Wildman–Crippen MR) is 311 cm³/mol. The molecule has 22 nitrogen and oxygen atoms in total. The summed E-state index contributed by atoms with van der Waals surface area (Å²) < 4.78 is 44.2. The Kier molecular flexibility index (Phi) is 22.7. The molecule has 4 N–H and O–H groups in total. The lowest BCUT2D eigenvalue weighted by atomic mass is 9.79. The molecule has 6 heterocycles. The summed E-state index contributed by atoms with van der Waals surface area (Å²) in [5.74, 6) is -0.768. The van der Waals surface area contributed by atoms with E-state index in [-0.39, 0.29) is 104 Å². The molecule has 2 saturated heterocycles. The average Bonchev–Trinajstić information content (AvgIpc) is 3.14. The number of nitrogens with two attached hydrogens (primary N) is 1. The number of aliphatic imine (C=N–C) groups is 1. The van der Waals surface area contributed by atoms with Gasteiger partial charge in [-0.25, -0.2) is 14.4 Å². The van der Waals surface area contributed by atoms with Crippen molar-refractivity contribution >= 4 is 57.7 Å². The lowest BCUT2D eigenvalue weighted by molar-refractivity contribution is -0.141. The highest BCUT2D eigenvalue weighted by atomic mass is 32.2. The molecule has 0 aliphatic carbocycles. The fraction of sp³-hybridized carbons (Fsp3) is 0.559. The molecule has 446 valence electrons. The Labute approximate surface area is 488 Å². The first-order valence-electron chi connectivity index (χ1n) is 28.6. The van der Waals surface area contributed by atoms with Gasteiger partial charge in [0.2, 0.25) is 11.8 Å². The van der Waals surface area contributed by atoms with Crippen molar-refractivity contribution in [1.29, 1.82) is 0 Å². The van der Waals surface area contributed by atoms with Gasteiger partial charge in [0.1, 0.15) is 23.7 Å². The average molecular weight is 1170 g/mol. The van der Waals surface area contributed by atoms with Gasteiger partial charge in [-0.05, 0) is 108 Å². The second kappa shape index (κ2) is 30.2. The van der Waals surface area contributed by atoms with Crippen molar-refractivity contribution in [3.8, 4) is 17.1 Å². The van der Waals surface area contributed by atoms with Crippen LogP contribution in [0.15, 0.2) is 53.7 Å². The van der Waals surface area contributed by atoms with Crippen LogP contribution in [-0.4, -0.2) is 192 Å². The molecule has 4 aliphatic rings. The number of hydrogen-bond donors (Lipinski definition) is 3. The van der Waals surface area contributed by atoms with Crippen molar-refractivity contribution < 1.29 is 52.0 Å². The monoisotopic (exact) mass is 1160 g/mol. The highest BCUT2D eigenvalue weighted by molar-refractivity contribution is 8.14. The minimum Gasteiger partial charge on any atom is -0.467 e. The Bertz CT molecular complexity index is 2990. The van der Waals surface area contributed by atoms with E-state index >= 15 is 0 Å². The molecular weight excluding hydrogens is 1090 g/mol. The number of piperidine rings is 1. The summed E-state index contributed by atoms with van der Waals surface area (Å²) in [7, 11) is 3.43. The topological polar surface area (TPSA) is 252 Å². The van der Waals surface area contributed by atoms with Gasteiger partial charge in [-0.15, -0.1) is 11.8 Å². The molecule has 3 amide bonds. The van der Waals surface area contributed by atoms with E-state index in [1.807, 2.05) is 37.8 Å². The Morgan fingerprint density at radius 2 is 1.65 bits per heavy atom. The molecule has 2 aromatic heterocycles. The number of halogens is 1. The van der Waals surface area contributed by atoms with E-state index in [9.17, 15) is 28.4 Å². The van der Waals surface area contributed by atoms with Gasteiger partial charge < -0.3 is 59.6 Å². The molecular formula is C59H77FN12O10S. The molecule has 0 spiro atoms. The quantitative estimate of drug-likeness (QED) is 0.0379. The third-order valence-corrected chi connectivity index (χ3v) is 16.8. The standard InChI is InChI=1S/C59H77FN12O10S/c1-37-9-14-43-44(32-37)39(3)82-56-54(61)65-34-46(66-56)52-49(35-69(6)58(43)76)72(68-55(52)63-5)22-18-64-51(74)17-24-78-26-28-80-30-31-81-29-27-79-25-23-70-20-15-40(16-21-70)45(33-50(73)38(2)62-4)59(77)71-19-7-8-48(71)57-67-47(36-83-57)53(75)41-10-12-42(60)13-11-41/h9-14,32,34,38-40,45,47-48,62H,7-8,15-31,33,35-36H2,1-4,6H3,(H2,61,65)(H,64,74)/t38-,39+,45-,47?,48-/m0/s1. The smallest absolute Gasteiger partial charge is 0.305 e. The summed E-state index contributed by atoms with van der Waals surface area (Å²) in [6.45, 7) is 19.9. The van der Waals surface area contributed by atoms with Gasteiger partial charge in [0.15, 0.2) is 11.6 Å². The normalized spacial score (nSPS) is 19.2. The first-order chi connectivity index (χ1) is 40.1. The highest BCUT2D eigenvalue weighted by Crippen LogP contribution is 2.38. The number of likely N-dealkylation sites (N-methyl/N-ethyl adjacent to an activating group) is 1. The first kappa shape index (κ1) is 62.3. The highest BCUT2D eigenvalue weighted by Gasteiger charge is 2.43. The number of hydrogen-bond acceptors (Lipinski definition) is 18. The van der Waals surface area contributed by atoms with Crippen LogP contribution < -0.4 is 21.1 Å². The lowest BCUT2D eigenvalue weighted by Crippen LogP contribution is -2.48. The van der Waals surface area contributed by atoms with Crippen LogP contribution in [0.4, 0.5) is 16.0 Å². The molecule has 1 unspecified atom stereocenters. The summed E-state index contributed by atoms with van der Waals surface area (Å²) in [6.07, 6.45) is 4.30. The molecule has 2 bridgehead atoms. The van der Waals surface area contributed by atoms with E-state index in [0.29, 0.717) is 92.2 Å². The zero-order chi connectivity index (χ0) is 59.0. The molecule has 5 atom stereocenters. The van der Waals surface area contributed by atoms with Gasteiger partial charge in [0, 0.05) is 67.9 Å². The summed E-state index contributed by atoms with van der Waals surface area (Å²) >= 11 is 1.51. The largest absolute Gasteiger partial charge is 0.467 e. The Morgan fingerprint density at radius 1 is 0.952 bits per heavy atom. The van der Waals surface area contributed by atoms with Crippen molar-refractivity contribution in [2.45, 2.75) is 96.6 Å². The van der Waals surface area contributed by atoms with Gasteiger partial charge in [-0.1, -0.05) is 24.3 Å². The summed E-state index contributed by atoms with van der Waals surface area (Å²) in [6, 6.07) is 9.87. The number of Topliss-reactive ketones (excluding diaryl/α,β-unsaturated/α-hetero) is 2. The number of thioether (sulfide) groups is 1. The maximum Gasteiger partial charge on any atom is 0.305 e. The van der Waals surface area contributed by atoms with Crippen LogP contribution in [0, 0.1) is 31.1 Å². The molecule has 2 fully saturated rings. The van der Waals surface area contributed by atoms with Crippen molar-refractivity contribution in [3.05, 3.63) is 93.8 Å². The predicted octanol–water partition coefficient (Wildman–Crippen LogP) is 5.50. The van der Waals surface area contributed by atoms with Crippen molar-refractivity contribution in [2.24, 2.45) is 16.8 Å². The number of aromatic nitrogens is 4. The number of amides is 3. The molecule has 83 heavy (non-hydrogen) atoms. The summed E-state index contributed by atoms with van der Waals surface area (Å²) in [5.41, 5.74) is 9.93. The van der Waals surface area contributed by atoms with Gasteiger partial charge >= 0.3 is 5.82 Å². The van der Waals surface area contributed by atoms with E-state index in [1.165, 1.54) is 42.2 Å². The van der Waals surface area contributed by atoms with Crippen molar-refractivity contribution in [1.82, 2.24) is 45.1 Å². The van der Waals surface area contributed by atoms with Crippen LogP contribution in [0.25, 0.3) is 16.1 Å². The zero-order valence-electron chi connectivity index (χ0n) is 48.1. The second-order valence-electron chi connectivity index (χ2n) is 21.3. The Morgan fingerprint density at radius 3 is 2.35 bits per heavy atom. The fourth-order valence-electron chi connectivity index (χ4n) is 10.8.